The number of rotatable bonds is 33. The summed E-state index contributed by atoms with van der Waals surface area (Å²) in [6.45, 7) is 12.9. The van der Waals surface area contributed by atoms with Gasteiger partial charge in [-0.1, -0.05) is 60.8 Å². The van der Waals surface area contributed by atoms with Crippen molar-refractivity contribution in [2.45, 2.75) is 117 Å². The standard InChI is InChI=1S/C38H74N8O10/c1-9-14-15-38(13-5,30(48)26-46(27-36(54)55)35(53)24-42-31(49)11-3)43-17-16-39-23-34(52)45(18-19-56-8)25-29(47)37(7,12-4)44-22-33(51)41-21-32(50)40-20-28(6)10-2/h28,30,36,39,43-44,48,54-55H,9-27H2,1-8H3,(H,40,50)(H,41,51)(H,42,49). The highest BCUT2D eigenvalue weighted by molar-refractivity contribution is 5.93. The fraction of sp³-hybridized carbons (Fsp3) is 0.842. The summed E-state index contributed by atoms with van der Waals surface area (Å²) < 4.78 is 5.19. The molecule has 0 bridgehead atoms. The molecule has 0 aliphatic rings. The van der Waals surface area contributed by atoms with Gasteiger partial charge in [0, 0.05) is 51.8 Å². The second-order valence-corrected chi connectivity index (χ2v) is 14.5. The van der Waals surface area contributed by atoms with Crippen molar-refractivity contribution >= 4 is 35.3 Å². The Morgan fingerprint density at radius 1 is 0.750 bits per heavy atom. The van der Waals surface area contributed by atoms with Crippen molar-refractivity contribution in [3.63, 3.8) is 0 Å². The van der Waals surface area contributed by atoms with Crippen molar-refractivity contribution < 1.29 is 48.8 Å². The van der Waals surface area contributed by atoms with Crippen LogP contribution in [-0.2, 0) is 33.5 Å². The zero-order valence-electron chi connectivity index (χ0n) is 35.3. The van der Waals surface area contributed by atoms with E-state index in [0.717, 1.165) is 24.2 Å². The van der Waals surface area contributed by atoms with Crippen LogP contribution in [0.15, 0.2) is 0 Å². The largest absolute Gasteiger partial charge is 0.389 e. The maximum Gasteiger partial charge on any atom is 0.242 e. The highest BCUT2D eigenvalue weighted by Crippen LogP contribution is 2.24. The van der Waals surface area contributed by atoms with Crippen molar-refractivity contribution in [1.82, 2.24) is 41.7 Å². The van der Waals surface area contributed by atoms with Gasteiger partial charge in [-0.25, -0.2) is 0 Å². The van der Waals surface area contributed by atoms with E-state index in [1.165, 1.54) is 12.0 Å². The number of ketones is 1. The molecule has 4 unspecified atom stereocenters. The van der Waals surface area contributed by atoms with Crippen LogP contribution in [0.3, 0.4) is 0 Å². The molecule has 0 spiro atoms. The predicted octanol–water partition coefficient (Wildman–Crippen LogP) is -1.39. The first kappa shape index (κ1) is 52.7. The average Bonchev–Trinajstić information content (AvgIpc) is 3.18. The van der Waals surface area contributed by atoms with Crippen LogP contribution < -0.4 is 31.9 Å². The van der Waals surface area contributed by atoms with Gasteiger partial charge in [0.1, 0.15) is 0 Å². The van der Waals surface area contributed by atoms with Crippen LogP contribution in [0.1, 0.15) is 93.4 Å². The van der Waals surface area contributed by atoms with Gasteiger partial charge in [-0.2, -0.15) is 0 Å². The zero-order valence-corrected chi connectivity index (χ0v) is 35.3. The molecule has 0 radical (unpaired) electrons. The Morgan fingerprint density at radius 3 is 1.96 bits per heavy atom. The molecule has 0 fully saturated rings. The highest BCUT2D eigenvalue weighted by Gasteiger charge is 2.37. The van der Waals surface area contributed by atoms with Crippen LogP contribution in [0, 0.1) is 5.92 Å². The molecule has 0 heterocycles. The summed E-state index contributed by atoms with van der Waals surface area (Å²) in [5, 5.41) is 48.1. The van der Waals surface area contributed by atoms with E-state index in [-0.39, 0.29) is 82.3 Å². The number of unbranched alkanes of at least 4 members (excludes halogenated alkanes) is 1. The normalized spacial score (nSPS) is 14.6. The number of carbonyl (C=O) groups excluding carboxylic acids is 6. The Bertz CT molecular complexity index is 1200. The van der Waals surface area contributed by atoms with E-state index in [1.54, 1.807) is 20.8 Å². The summed E-state index contributed by atoms with van der Waals surface area (Å²) in [4.78, 5) is 78.6. The quantitative estimate of drug-likeness (QED) is 0.0274. The minimum Gasteiger partial charge on any atom is -0.389 e. The molecule has 18 nitrogen and oxygen atoms in total. The Hall–Kier alpha value is -3.26. The van der Waals surface area contributed by atoms with Gasteiger partial charge < -0.3 is 56.4 Å². The number of nitrogens with zero attached hydrogens (tertiary/aromatic N) is 2. The molecule has 0 aromatic heterocycles. The van der Waals surface area contributed by atoms with Crippen LogP contribution in [0.25, 0.3) is 0 Å². The number of amides is 5. The van der Waals surface area contributed by atoms with E-state index in [1.807, 2.05) is 27.7 Å². The first-order chi connectivity index (χ1) is 26.5. The van der Waals surface area contributed by atoms with Crippen molar-refractivity contribution in [3.05, 3.63) is 0 Å². The van der Waals surface area contributed by atoms with Crippen molar-refractivity contribution in [2.24, 2.45) is 5.92 Å². The number of Topliss-reactive ketones (excluding diaryl/α,β-unsaturated/α-hetero) is 1. The number of hydrogen-bond acceptors (Lipinski definition) is 13. The molecule has 0 aliphatic heterocycles. The third kappa shape index (κ3) is 20.8. The van der Waals surface area contributed by atoms with Gasteiger partial charge in [-0.15, -0.1) is 0 Å². The molecule has 0 saturated carbocycles. The topological polar surface area (TPSA) is 251 Å². The predicted molar refractivity (Wildman–Crippen MR) is 213 cm³/mol. The maximum absolute atomic E-state index is 13.5. The van der Waals surface area contributed by atoms with Crippen molar-refractivity contribution in [2.75, 3.05) is 85.7 Å². The van der Waals surface area contributed by atoms with E-state index in [0.29, 0.717) is 44.8 Å². The molecule has 9 N–H and O–H groups in total. The summed E-state index contributed by atoms with van der Waals surface area (Å²) in [5.41, 5.74) is -1.97. The van der Waals surface area contributed by atoms with Gasteiger partial charge in [0.25, 0.3) is 0 Å². The lowest BCUT2D eigenvalue weighted by atomic mass is 9.83. The summed E-state index contributed by atoms with van der Waals surface area (Å²) in [6, 6.07) is 0. The number of hydrogen-bond donors (Lipinski definition) is 9. The zero-order chi connectivity index (χ0) is 42.7. The number of carbonyl (C=O) groups is 6. The number of methoxy groups -OCH3 is 1. The molecule has 56 heavy (non-hydrogen) atoms. The summed E-state index contributed by atoms with van der Waals surface area (Å²) in [7, 11) is 1.49. The molecular formula is C38H74N8O10. The third-order valence-corrected chi connectivity index (χ3v) is 10.2. The molecule has 5 amide bonds. The van der Waals surface area contributed by atoms with E-state index in [2.05, 4.69) is 31.9 Å². The first-order valence-corrected chi connectivity index (χ1v) is 20.1. The van der Waals surface area contributed by atoms with Crippen molar-refractivity contribution in [3.8, 4) is 0 Å². The average molecular weight is 803 g/mol. The Kier molecular flexibility index (Phi) is 27.3. The second-order valence-electron chi connectivity index (χ2n) is 14.5. The van der Waals surface area contributed by atoms with Crippen LogP contribution in [0.5, 0.6) is 0 Å². The SMILES string of the molecule is CCCCC(CC)(NCCNCC(=O)N(CCOC)CC(=O)C(C)(CC)NCC(=O)NCC(=O)NCC(C)CC)C(O)CN(CC(O)O)C(=O)CNC(=O)CC. The third-order valence-electron chi connectivity index (χ3n) is 10.2. The smallest absolute Gasteiger partial charge is 0.242 e. The molecular weight excluding hydrogens is 728 g/mol. The lowest BCUT2D eigenvalue weighted by Gasteiger charge is -2.41. The molecule has 326 valence electrons. The fourth-order valence-corrected chi connectivity index (χ4v) is 5.65. The highest BCUT2D eigenvalue weighted by atomic mass is 16.5. The second kappa shape index (κ2) is 29.0. The lowest BCUT2D eigenvalue weighted by Crippen LogP contribution is -2.60. The molecule has 0 aromatic carbocycles. The van der Waals surface area contributed by atoms with E-state index in [4.69, 9.17) is 4.74 Å². The summed E-state index contributed by atoms with van der Waals surface area (Å²) in [5.74, 6) is -1.94. The van der Waals surface area contributed by atoms with E-state index >= 15 is 0 Å². The monoisotopic (exact) mass is 803 g/mol. The number of aliphatic hydroxyl groups is 3. The van der Waals surface area contributed by atoms with E-state index < -0.39 is 41.8 Å². The molecule has 18 heteroatoms. The maximum atomic E-state index is 13.5. The van der Waals surface area contributed by atoms with Gasteiger partial charge in [-0.3, -0.25) is 34.1 Å². The lowest BCUT2D eigenvalue weighted by molar-refractivity contribution is -0.141. The van der Waals surface area contributed by atoms with Gasteiger partial charge in [-0.05, 0) is 32.1 Å². The first-order valence-electron chi connectivity index (χ1n) is 20.1. The molecule has 4 atom stereocenters. The van der Waals surface area contributed by atoms with Crippen LogP contribution in [0.2, 0.25) is 0 Å². The number of nitrogens with one attached hydrogen (secondary N) is 6. The molecule has 0 rings (SSSR count). The fourth-order valence-electron chi connectivity index (χ4n) is 5.65. The van der Waals surface area contributed by atoms with Crippen LogP contribution >= 0.6 is 0 Å². The van der Waals surface area contributed by atoms with Crippen molar-refractivity contribution in [1.29, 1.82) is 0 Å². The summed E-state index contributed by atoms with van der Waals surface area (Å²) >= 11 is 0. The van der Waals surface area contributed by atoms with Gasteiger partial charge in [0.05, 0.1) is 57.5 Å². The number of ether oxygens (including phenoxy) is 1. The molecule has 0 saturated heterocycles. The molecule has 0 aromatic rings. The minimum atomic E-state index is -1.84. The van der Waals surface area contributed by atoms with Gasteiger partial charge in [0.2, 0.25) is 29.5 Å². The van der Waals surface area contributed by atoms with Gasteiger partial charge in [0.15, 0.2) is 12.1 Å². The van der Waals surface area contributed by atoms with E-state index in [9.17, 15) is 44.1 Å². The minimum absolute atomic E-state index is 0.0900. The van der Waals surface area contributed by atoms with Gasteiger partial charge >= 0.3 is 0 Å². The molecule has 0 aliphatic carbocycles. The Balaban J connectivity index is 5.42. The van der Waals surface area contributed by atoms with Crippen LogP contribution in [0.4, 0.5) is 0 Å². The number of aliphatic hydroxyl groups excluding tert-OH is 2. The Labute approximate surface area is 334 Å². The Morgan fingerprint density at radius 2 is 1.39 bits per heavy atom. The van der Waals surface area contributed by atoms with Crippen LogP contribution in [-0.4, -0.2) is 170 Å². The summed E-state index contributed by atoms with van der Waals surface area (Å²) in [6.07, 6.45) is 1.16.